The van der Waals surface area contributed by atoms with E-state index in [-0.39, 0.29) is 0 Å². The Hall–Kier alpha value is -0.580. The highest BCUT2D eigenvalue weighted by atomic mass is 35.5. The van der Waals surface area contributed by atoms with Crippen molar-refractivity contribution in [2.45, 2.75) is 26.0 Å². The van der Waals surface area contributed by atoms with E-state index in [1.165, 1.54) is 0 Å². The van der Waals surface area contributed by atoms with Crippen LogP contribution in [0.4, 0.5) is 0 Å². The van der Waals surface area contributed by atoms with Crippen molar-refractivity contribution in [2.75, 3.05) is 6.54 Å². The monoisotopic (exact) mass is 217 g/mol. The third-order valence-corrected chi connectivity index (χ3v) is 2.22. The summed E-state index contributed by atoms with van der Waals surface area (Å²) in [5, 5.41) is 13.2. The Balaban J connectivity index is 2.43. The van der Waals surface area contributed by atoms with Crippen LogP contribution in [0, 0.1) is 0 Å². The minimum absolute atomic E-state index is 0.525. The van der Waals surface area contributed by atoms with Gasteiger partial charge in [0.2, 0.25) is 0 Å². The molecule has 1 heterocycles. The Labute approximate surface area is 88.9 Å². The third kappa shape index (κ3) is 3.29. The molecular formula is C9H16ClN3O. The summed E-state index contributed by atoms with van der Waals surface area (Å²) in [6, 6.07) is 0. The first-order valence-electron chi connectivity index (χ1n) is 4.49. The van der Waals surface area contributed by atoms with Gasteiger partial charge in [-0.15, -0.1) is 0 Å². The summed E-state index contributed by atoms with van der Waals surface area (Å²) in [5.74, 6) is 0.860. The van der Waals surface area contributed by atoms with Crippen molar-refractivity contribution in [3.8, 4) is 0 Å². The fraction of sp³-hybridized carbons (Fsp3) is 0.667. The van der Waals surface area contributed by atoms with Crippen molar-refractivity contribution in [3.05, 3.63) is 17.2 Å². The molecule has 0 radical (unpaired) electrons. The van der Waals surface area contributed by atoms with E-state index in [0.717, 1.165) is 5.82 Å². The van der Waals surface area contributed by atoms with Crippen molar-refractivity contribution >= 4 is 11.6 Å². The lowest BCUT2D eigenvalue weighted by atomic mass is 10.1. The molecule has 2 N–H and O–H groups in total. The first-order chi connectivity index (χ1) is 6.40. The van der Waals surface area contributed by atoms with E-state index in [9.17, 15) is 5.11 Å². The van der Waals surface area contributed by atoms with Crippen LogP contribution in [0.25, 0.3) is 0 Å². The first kappa shape index (κ1) is 11.5. The van der Waals surface area contributed by atoms with Gasteiger partial charge in [0.05, 0.1) is 18.3 Å². The highest BCUT2D eigenvalue weighted by molar-refractivity contribution is 6.29. The lowest BCUT2D eigenvalue weighted by molar-refractivity contribution is 0.0792. The van der Waals surface area contributed by atoms with Gasteiger partial charge in [0, 0.05) is 13.6 Å². The van der Waals surface area contributed by atoms with E-state index >= 15 is 0 Å². The van der Waals surface area contributed by atoms with E-state index < -0.39 is 5.60 Å². The molecule has 0 bridgehead atoms. The molecule has 0 aromatic carbocycles. The molecule has 80 valence electrons. The zero-order valence-electron chi connectivity index (χ0n) is 8.71. The maximum atomic E-state index is 9.45. The van der Waals surface area contributed by atoms with Gasteiger partial charge in [0.25, 0.3) is 0 Å². The minimum atomic E-state index is -0.699. The number of halogens is 1. The highest BCUT2D eigenvalue weighted by Gasteiger charge is 2.12. The van der Waals surface area contributed by atoms with E-state index in [4.69, 9.17) is 11.6 Å². The van der Waals surface area contributed by atoms with Crippen molar-refractivity contribution in [1.29, 1.82) is 0 Å². The smallest absolute Gasteiger partial charge is 0.128 e. The molecule has 0 saturated carbocycles. The lowest BCUT2D eigenvalue weighted by Crippen LogP contribution is -2.34. The summed E-state index contributed by atoms with van der Waals surface area (Å²) in [6.45, 7) is 4.64. The summed E-state index contributed by atoms with van der Waals surface area (Å²) < 4.78 is 1.80. The molecule has 0 fully saturated rings. The molecule has 0 saturated heterocycles. The molecule has 0 aliphatic heterocycles. The Morgan fingerprint density at radius 1 is 1.64 bits per heavy atom. The predicted octanol–water partition coefficient (Wildman–Crippen LogP) is 0.934. The fourth-order valence-electron chi connectivity index (χ4n) is 1.07. The lowest BCUT2D eigenvalue weighted by Gasteiger charge is -2.17. The fourth-order valence-corrected chi connectivity index (χ4v) is 1.22. The molecule has 1 aromatic heterocycles. The Morgan fingerprint density at radius 3 is 2.71 bits per heavy atom. The summed E-state index contributed by atoms with van der Waals surface area (Å²) in [7, 11) is 1.86. The number of hydrogen-bond acceptors (Lipinski definition) is 3. The molecule has 4 nitrogen and oxygen atoms in total. The Morgan fingerprint density at radius 2 is 2.29 bits per heavy atom. The third-order valence-electron chi connectivity index (χ3n) is 1.87. The van der Waals surface area contributed by atoms with E-state index in [1.807, 2.05) is 7.05 Å². The largest absolute Gasteiger partial charge is 0.389 e. The predicted molar refractivity (Wildman–Crippen MR) is 56.2 cm³/mol. The zero-order valence-corrected chi connectivity index (χ0v) is 9.47. The summed E-state index contributed by atoms with van der Waals surface area (Å²) in [5.41, 5.74) is -0.699. The molecule has 0 spiro atoms. The minimum Gasteiger partial charge on any atom is -0.389 e. The van der Waals surface area contributed by atoms with Crippen LogP contribution < -0.4 is 5.32 Å². The van der Waals surface area contributed by atoms with Gasteiger partial charge < -0.3 is 15.0 Å². The molecule has 5 heteroatoms. The molecule has 1 aromatic rings. The second-order valence-corrected chi connectivity index (χ2v) is 4.36. The topological polar surface area (TPSA) is 50.1 Å². The van der Waals surface area contributed by atoms with Crippen LogP contribution in [0.1, 0.15) is 19.7 Å². The Kier molecular flexibility index (Phi) is 3.53. The van der Waals surface area contributed by atoms with Gasteiger partial charge in [0.1, 0.15) is 11.0 Å². The normalized spacial score (nSPS) is 12.1. The van der Waals surface area contributed by atoms with Gasteiger partial charge in [-0.3, -0.25) is 0 Å². The standard InChI is InChI=1S/C9H16ClN3O/c1-9(2,14)6-11-5-8-12-4-7(10)13(8)3/h4,11,14H,5-6H2,1-3H3. The first-order valence-corrected chi connectivity index (χ1v) is 4.87. The summed E-state index contributed by atoms with van der Waals surface area (Å²) in [6.07, 6.45) is 1.61. The molecule has 0 unspecified atom stereocenters. The van der Waals surface area contributed by atoms with Gasteiger partial charge in [-0.1, -0.05) is 11.6 Å². The Bertz CT molecular complexity index is 303. The quantitative estimate of drug-likeness (QED) is 0.789. The molecule has 14 heavy (non-hydrogen) atoms. The van der Waals surface area contributed by atoms with Crippen LogP contribution in [0.2, 0.25) is 5.15 Å². The number of nitrogens with one attached hydrogen (secondary N) is 1. The van der Waals surface area contributed by atoms with Crippen LogP contribution >= 0.6 is 11.6 Å². The number of rotatable bonds is 4. The highest BCUT2D eigenvalue weighted by Crippen LogP contribution is 2.08. The van der Waals surface area contributed by atoms with Crippen LogP contribution in [-0.4, -0.2) is 26.8 Å². The molecule has 0 aliphatic rings. The second-order valence-electron chi connectivity index (χ2n) is 3.97. The van der Waals surface area contributed by atoms with Crippen molar-refractivity contribution in [2.24, 2.45) is 7.05 Å². The molecule has 0 atom stereocenters. The number of hydrogen-bond donors (Lipinski definition) is 2. The maximum absolute atomic E-state index is 9.45. The van der Waals surface area contributed by atoms with Crippen molar-refractivity contribution < 1.29 is 5.11 Å². The van der Waals surface area contributed by atoms with Gasteiger partial charge in [-0.25, -0.2) is 4.98 Å². The number of imidazole rings is 1. The molecular weight excluding hydrogens is 202 g/mol. The molecule has 0 aliphatic carbocycles. The van der Waals surface area contributed by atoms with Gasteiger partial charge in [-0.2, -0.15) is 0 Å². The summed E-state index contributed by atoms with van der Waals surface area (Å²) >= 11 is 5.82. The average molecular weight is 218 g/mol. The molecule has 1 rings (SSSR count). The van der Waals surface area contributed by atoms with E-state index in [2.05, 4.69) is 10.3 Å². The van der Waals surface area contributed by atoms with Crippen LogP contribution in [0.5, 0.6) is 0 Å². The SMILES string of the molecule is Cn1c(Cl)cnc1CNCC(C)(C)O. The van der Waals surface area contributed by atoms with E-state index in [1.54, 1.807) is 24.6 Å². The maximum Gasteiger partial charge on any atom is 0.128 e. The van der Waals surface area contributed by atoms with Crippen molar-refractivity contribution in [3.63, 3.8) is 0 Å². The second kappa shape index (κ2) is 4.29. The van der Waals surface area contributed by atoms with Gasteiger partial charge >= 0.3 is 0 Å². The number of aromatic nitrogens is 2. The number of aliphatic hydroxyl groups is 1. The van der Waals surface area contributed by atoms with Gasteiger partial charge in [0.15, 0.2) is 0 Å². The van der Waals surface area contributed by atoms with Crippen LogP contribution in [0.15, 0.2) is 6.20 Å². The van der Waals surface area contributed by atoms with E-state index in [0.29, 0.717) is 18.2 Å². The summed E-state index contributed by atoms with van der Waals surface area (Å²) in [4.78, 5) is 4.12. The average Bonchev–Trinajstić information content (AvgIpc) is 2.33. The van der Waals surface area contributed by atoms with Crippen LogP contribution in [0.3, 0.4) is 0 Å². The van der Waals surface area contributed by atoms with Crippen molar-refractivity contribution in [1.82, 2.24) is 14.9 Å². The van der Waals surface area contributed by atoms with Gasteiger partial charge in [-0.05, 0) is 13.8 Å². The molecule has 0 amide bonds. The zero-order chi connectivity index (χ0) is 10.8. The number of nitrogens with zero attached hydrogens (tertiary/aromatic N) is 2. The van der Waals surface area contributed by atoms with Crippen LogP contribution in [-0.2, 0) is 13.6 Å².